The van der Waals surface area contributed by atoms with Crippen molar-refractivity contribution < 1.29 is 19.2 Å². The normalized spacial score (nSPS) is 19.3. The monoisotopic (exact) mass is 714 g/mol. The molecular formula is C36H43ClN10O4. The molecule has 7 N–H and O–H groups in total. The van der Waals surface area contributed by atoms with Crippen molar-refractivity contribution in [2.24, 2.45) is 23.3 Å². The first-order valence-corrected chi connectivity index (χ1v) is 17.0. The van der Waals surface area contributed by atoms with Crippen LogP contribution in [0.1, 0.15) is 60.3 Å². The maximum atomic E-state index is 14.0. The van der Waals surface area contributed by atoms with Crippen molar-refractivity contribution in [1.29, 1.82) is 0 Å². The SMILES string of the molecule is Cc1nc(C(=O)N[C@H]2CCCNC2=O)ccc1-c1ccc(C[C@H](N)C(=O)N(c2ccc(-c3nn[nH]n3)cc2)C(=O)[C@H]2CC[C@H](CN)CC2)cc1.Cl. The van der Waals surface area contributed by atoms with E-state index in [9.17, 15) is 19.2 Å². The summed E-state index contributed by atoms with van der Waals surface area (Å²) < 4.78 is 0. The van der Waals surface area contributed by atoms with Gasteiger partial charge in [-0.2, -0.15) is 5.21 Å². The van der Waals surface area contributed by atoms with E-state index in [1.165, 1.54) is 4.90 Å². The molecule has 0 radical (unpaired) electrons. The van der Waals surface area contributed by atoms with E-state index in [0.717, 1.165) is 36.0 Å². The highest BCUT2D eigenvalue weighted by Gasteiger charge is 2.35. The standard InChI is InChI=1S/C36H42N10O4.ClH/c1-21-28(16-17-31(40-21)34(48)41-30-3-2-18-39-33(30)47)24-8-4-22(5-9-24)19-29(38)36(50)46(35(49)26-10-6-23(20-37)7-11-26)27-14-12-25(13-15-27)32-42-44-45-43-32;/h4-5,8-9,12-17,23,26,29-30H,2-3,6-7,10-11,18-20,37-38H2,1H3,(H,39,47)(H,41,48)(H,42,43,44,45);1H/t23-,26-,29-,30-;/m0./s1. The van der Waals surface area contributed by atoms with Crippen molar-refractivity contribution in [2.75, 3.05) is 18.0 Å². The van der Waals surface area contributed by atoms with E-state index in [1.54, 1.807) is 30.3 Å². The Morgan fingerprint density at radius 1 is 0.961 bits per heavy atom. The third-order valence-electron chi connectivity index (χ3n) is 9.65. The van der Waals surface area contributed by atoms with Crippen LogP contribution in [-0.2, 0) is 20.8 Å². The van der Waals surface area contributed by atoms with E-state index < -0.39 is 23.9 Å². The number of hydrogen-bond donors (Lipinski definition) is 5. The van der Waals surface area contributed by atoms with Gasteiger partial charge >= 0.3 is 0 Å². The minimum atomic E-state index is -0.977. The molecule has 2 atom stereocenters. The summed E-state index contributed by atoms with van der Waals surface area (Å²) in [5, 5.41) is 19.6. The lowest BCUT2D eigenvalue weighted by molar-refractivity contribution is -0.130. The second-order valence-corrected chi connectivity index (χ2v) is 13.0. The van der Waals surface area contributed by atoms with Gasteiger partial charge in [-0.05, 0) is 111 Å². The number of anilines is 1. The molecule has 0 bridgehead atoms. The molecule has 0 unspecified atom stereocenters. The third-order valence-corrected chi connectivity index (χ3v) is 9.65. The molecule has 15 heteroatoms. The number of nitrogens with two attached hydrogens (primary N) is 2. The molecule has 2 aliphatic rings. The van der Waals surface area contributed by atoms with E-state index in [4.69, 9.17) is 11.5 Å². The van der Waals surface area contributed by atoms with Crippen LogP contribution in [0.4, 0.5) is 5.69 Å². The maximum Gasteiger partial charge on any atom is 0.270 e. The quantitative estimate of drug-likeness (QED) is 0.162. The van der Waals surface area contributed by atoms with Crippen LogP contribution >= 0.6 is 12.4 Å². The Kier molecular flexibility index (Phi) is 12.2. The Hall–Kier alpha value is -5.05. The molecule has 1 saturated heterocycles. The highest BCUT2D eigenvalue weighted by Crippen LogP contribution is 2.32. The number of aromatic nitrogens is 5. The van der Waals surface area contributed by atoms with Gasteiger partial charge in [-0.25, -0.2) is 9.88 Å². The molecule has 1 aliphatic heterocycles. The van der Waals surface area contributed by atoms with Crippen LogP contribution in [0, 0.1) is 18.8 Å². The van der Waals surface area contributed by atoms with Crippen LogP contribution in [-0.4, -0.2) is 74.4 Å². The van der Waals surface area contributed by atoms with Crippen molar-refractivity contribution in [1.82, 2.24) is 36.2 Å². The zero-order chi connectivity index (χ0) is 35.2. The number of carbonyl (C=O) groups is 4. The summed E-state index contributed by atoms with van der Waals surface area (Å²) >= 11 is 0. The largest absolute Gasteiger partial charge is 0.354 e. The van der Waals surface area contributed by atoms with Crippen LogP contribution in [0.2, 0.25) is 0 Å². The van der Waals surface area contributed by atoms with Crippen LogP contribution in [0.5, 0.6) is 0 Å². The Balaban J connectivity index is 0.00000504. The number of aromatic amines is 1. The molecule has 2 aromatic carbocycles. The first-order valence-electron chi connectivity index (χ1n) is 17.0. The lowest BCUT2D eigenvalue weighted by Gasteiger charge is -2.32. The van der Waals surface area contributed by atoms with Crippen LogP contribution in [0.15, 0.2) is 60.7 Å². The predicted molar refractivity (Wildman–Crippen MR) is 193 cm³/mol. The molecule has 1 aliphatic carbocycles. The topological polar surface area (TPSA) is 215 Å². The Labute approximate surface area is 301 Å². The van der Waals surface area contributed by atoms with Crippen molar-refractivity contribution >= 4 is 41.7 Å². The number of nitrogens with one attached hydrogen (secondary N) is 3. The van der Waals surface area contributed by atoms with Gasteiger partial charge in [-0.15, -0.1) is 22.6 Å². The van der Waals surface area contributed by atoms with Gasteiger partial charge in [-0.3, -0.25) is 19.2 Å². The van der Waals surface area contributed by atoms with E-state index in [0.29, 0.717) is 61.0 Å². The summed E-state index contributed by atoms with van der Waals surface area (Å²) in [4.78, 5) is 58.5. The molecule has 2 aromatic heterocycles. The smallest absolute Gasteiger partial charge is 0.270 e. The maximum absolute atomic E-state index is 14.0. The van der Waals surface area contributed by atoms with Gasteiger partial charge in [0.2, 0.25) is 17.6 Å². The minimum Gasteiger partial charge on any atom is -0.354 e. The summed E-state index contributed by atoms with van der Waals surface area (Å²) in [5.41, 5.74) is 17.0. The van der Waals surface area contributed by atoms with Crippen molar-refractivity contribution in [3.63, 3.8) is 0 Å². The number of aryl methyl sites for hydroxylation is 1. The number of pyridine rings is 1. The Morgan fingerprint density at radius 3 is 2.29 bits per heavy atom. The first kappa shape index (κ1) is 37.2. The molecule has 1 saturated carbocycles. The van der Waals surface area contributed by atoms with Gasteiger partial charge < -0.3 is 22.1 Å². The van der Waals surface area contributed by atoms with Crippen LogP contribution < -0.4 is 27.0 Å². The molecule has 14 nitrogen and oxygen atoms in total. The van der Waals surface area contributed by atoms with Crippen molar-refractivity contribution in [2.45, 2.75) is 64.0 Å². The summed E-state index contributed by atoms with van der Waals surface area (Å²) in [6, 6.07) is 16.4. The number of amides is 4. The minimum absolute atomic E-state index is 0. The molecular weight excluding hydrogens is 672 g/mol. The highest BCUT2D eigenvalue weighted by atomic mass is 35.5. The highest BCUT2D eigenvalue weighted by molar-refractivity contribution is 6.17. The summed E-state index contributed by atoms with van der Waals surface area (Å²) in [5.74, 6) is -0.827. The van der Waals surface area contributed by atoms with Gasteiger partial charge in [0, 0.05) is 29.3 Å². The molecule has 51 heavy (non-hydrogen) atoms. The summed E-state index contributed by atoms with van der Waals surface area (Å²) in [6.07, 6.45) is 4.63. The first-order chi connectivity index (χ1) is 24.2. The fraction of sp³-hybridized carbons (Fsp3) is 0.389. The third kappa shape index (κ3) is 8.64. The molecule has 0 spiro atoms. The number of tetrazole rings is 1. The fourth-order valence-electron chi connectivity index (χ4n) is 6.70. The molecule has 4 aromatic rings. The van der Waals surface area contributed by atoms with Gasteiger partial charge in [0.1, 0.15) is 11.7 Å². The Morgan fingerprint density at radius 2 is 1.67 bits per heavy atom. The Bertz CT molecular complexity index is 1830. The number of benzene rings is 2. The van der Waals surface area contributed by atoms with Crippen molar-refractivity contribution in [3.8, 4) is 22.5 Å². The molecule has 2 fully saturated rings. The van der Waals surface area contributed by atoms with E-state index >= 15 is 0 Å². The average Bonchev–Trinajstić information content (AvgIpc) is 3.69. The lowest BCUT2D eigenvalue weighted by atomic mass is 9.81. The number of nitrogens with zero attached hydrogens (tertiary/aromatic N) is 5. The van der Waals surface area contributed by atoms with E-state index in [1.807, 2.05) is 37.3 Å². The van der Waals surface area contributed by atoms with Gasteiger partial charge in [0.05, 0.1) is 11.7 Å². The second kappa shape index (κ2) is 16.8. The van der Waals surface area contributed by atoms with Crippen molar-refractivity contribution in [3.05, 3.63) is 77.6 Å². The molecule has 4 amide bonds. The zero-order valence-corrected chi connectivity index (χ0v) is 29.2. The second-order valence-electron chi connectivity index (χ2n) is 13.0. The number of piperidine rings is 1. The van der Waals surface area contributed by atoms with Crippen LogP contribution in [0.25, 0.3) is 22.5 Å². The average molecular weight is 715 g/mol. The fourth-order valence-corrected chi connectivity index (χ4v) is 6.70. The van der Waals surface area contributed by atoms with Gasteiger partial charge in [0.15, 0.2) is 0 Å². The number of H-pyrrole nitrogens is 1. The lowest BCUT2D eigenvalue weighted by Crippen LogP contribution is -2.50. The van der Waals surface area contributed by atoms with Gasteiger partial charge in [0.25, 0.3) is 11.8 Å². The molecule has 268 valence electrons. The molecule has 3 heterocycles. The number of hydrogen-bond acceptors (Lipinski definition) is 10. The number of halogens is 1. The molecule has 6 rings (SSSR count). The number of carbonyl (C=O) groups excluding carboxylic acids is 4. The van der Waals surface area contributed by atoms with Crippen LogP contribution in [0.3, 0.4) is 0 Å². The predicted octanol–water partition coefficient (Wildman–Crippen LogP) is 2.86. The summed E-state index contributed by atoms with van der Waals surface area (Å²) in [7, 11) is 0. The number of rotatable bonds is 10. The zero-order valence-electron chi connectivity index (χ0n) is 28.4. The number of imide groups is 1. The summed E-state index contributed by atoms with van der Waals surface area (Å²) in [6.45, 7) is 3.03. The van der Waals surface area contributed by atoms with Gasteiger partial charge in [-0.1, -0.05) is 30.3 Å². The van der Waals surface area contributed by atoms with E-state index in [-0.39, 0.29) is 42.3 Å². The van der Waals surface area contributed by atoms with E-state index in [2.05, 4.69) is 36.2 Å².